The maximum atomic E-state index is 9.22. The SMILES string of the molecule is CC(N)=O.COc1cc2c(c(OC)c1OC)-c1ccc(N)cc1CCC2.ONCCCN1CCOCC1. The molecule has 0 aromatic heterocycles. The number of primary amides is 1. The third kappa shape index (κ3) is 9.08. The first-order chi connectivity index (χ1) is 17.9. The van der Waals surface area contributed by atoms with E-state index in [0.717, 1.165) is 75.5 Å². The minimum atomic E-state index is -0.333. The van der Waals surface area contributed by atoms with Crippen LogP contribution in [0.4, 0.5) is 5.69 Å². The molecule has 10 nitrogen and oxygen atoms in total. The van der Waals surface area contributed by atoms with Crippen molar-refractivity contribution in [3.63, 3.8) is 0 Å². The Balaban J connectivity index is 0.000000268. The molecule has 2 aliphatic rings. The number of nitrogens with two attached hydrogens (primary N) is 2. The van der Waals surface area contributed by atoms with E-state index in [1.54, 1.807) is 21.3 Å². The van der Waals surface area contributed by atoms with E-state index in [1.807, 2.05) is 6.07 Å². The second-order valence-electron chi connectivity index (χ2n) is 8.78. The van der Waals surface area contributed by atoms with Crippen LogP contribution in [0.5, 0.6) is 17.2 Å². The maximum absolute atomic E-state index is 9.22. The van der Waals surface area contributed by atoms with E-state index < -0.39 is 0 Å². The number of nitrogens with zero attached hydrogens (tertiary/aromatic N) is 1. The number of aryl methyl sites for hydroxylation is 2. The topological polar surface area (TPSA) is 142 Å². The van der Waals surface area contributed by atoms with Gasteiger partial charge in [0.1, 0.15) is 0 Å². The molecule has 206 valence electrons. The first-order valence-electron chi connectivity index (χ1n) is 12.5. The molecule has 1 heterocycles. The minimum absolute atomic E-state index is 0.333. The molecule has 1 amide bonds. The van der Waals surface area contributed by atoms with Crippen molar-refractivity contribution in [1.82, 2.24) is 10.4 Å². The molecule has 10 heteroatoms. The monoisotopic (exact) mass is 518 g/mol. The summed E-state index contributed by atoms with van der Waals surface area (Å²) in [5, 5.41) is 8.30. The van der Waals surface area contributed by atoms with Gasteiger partial charge in [0.05, 0.1) is 34.5 Å². The molecule has 0 unspecified atom stereocenters. The number of carbonyl (C=O) groups is 1. The van der Waals surface area contributed by atoms with Crippen molar-refractivity contribution in [2.75, 3.05) is 66.5 Å². The summed E-state index contributed by atoms with van der Waals surface area (Å²) in [6, 6.07) is 8.12. The minimum Gasteiger partial charge on any atom is -0.493 e. The number of benzene rings is 2. The normalized spacial score (nSPS) is 14.4. The highest BCUT2D eigenvalue weighted by Crippen LogP contribution is 2.49. The van der Waals surface area contributed by atoms with Crippen molar-refractivity contribution >= 4 is 11.6 Å². The lowest BCUT2D eigenvalue weighted by Gasteiger charge is -2.26. The Morgan fingerprint density at radius 1 is 1.05 bits per heavy atom. The molecule has 2 aromatic carbocycles. The van der Waals surface area contributed by atoms with Gasteiger partial charge < -0.3 is 35.6 Å². The van der Waals surface area contributed by atoms with Crippen LogP contribution in [0.15, 0.2) is 24.3 Å². The zero-order valence-corrected chi connectivity index (χ0v) is 22.5. The van der Waals surface area contributed by atoms with Crippen molar-refractivity contribution in [2.24, 2.45) is 5.73 Å². The van der Waals surface area contributed by atoms with Crippen LogP contribution in [0, 0.1) is 0 Å². The van der Waals surface area contributed by atoms with Crippen LogP contribution in [0.3, 0.4) is 0 Å². The quantitative estimate of drug-likeness (QED) is 0.247. The Morgan fingerprint density at radius 2 is 1.70 bits per heavy atom. The van der Waals surface area contributed by atoms with Gasteiger partial charge in [-0.15, -0.1) is 0 Å². The number of hydrogen-bond donors (Lipinski definition) is 4. The summed E-state index contributed by atoms with van der Waals surface area (Å²) in [5.41, 5.74) is 18.1. The van der Waals surface area contributed by atoms with Crippen molar-refractivity contribution < 1.29 is 28.9 Å². The van der Waals surface area contributed by atoms with Gasteiger partial charge in [-0.2, -0.15) is 0 Å². The average molecular weight is 519 g/mol. The molecule has 1 aliphatic heterocycles. The van der Waals surface area contributed by atoms with Gasteiger partial charge in [0.25, 0.3) is 0 Å². The van der Waals surface area contributed by atoms with Gasteiger partial charge in [-0.1, -0.05) is 6.07 Å². The summed E-state index contributed by atoms with van der Waals surface area (Å²) in [7, 11) is 4.95. The Bertz CT molecular complexity index is 991. The number of morpholine rings is 1. The second-order valence-corrected chi connectivity index (χ2v) is 8.78. The molecule has 1 aliphatic carbocycles. The summed E-state index contributed by atoms with van der Waals surface area (Å²) in [5.74, 6) is 1.73. The first kappa shape index (κ1) is 30.2. The molecule has 0 atom stereocenters. The Morgan fingerprint density at radius 3 is 2.30 bits per heavy atom. The van der Waals surface area contributed by atoms with E-state index in [1.165, 1.54) is 23.6 Å². The lowest BCUT2D eigenvalue weighted by Crippen LogP contribution is -2.37. The van der Waals surface area contributed by atoms with E-state index in [4.69, 9.17) is 29.9 Å². The van der Waals surface area contributed by atoms with Crippen molar-refractivity contribution in [3.8, 4) is 28.4 Å². The molecule has 0 radical (unpaired) electrons. The van der Waals surface area contributed by atoms with Gasteiger partial charge in [-0.3, -0.25) is 9.69 Å². The maximum Gasteiger partial charge on any atom is 0.214 e. The van der Waals surface area contributed by atoms with Gasteiger partial charge in [-0.25, -0.2) is 5.48 Å². The lowest BCUT2D eigenvalue weighted by atomic mass is 9.94. The summed E-state index contributed by atoms with van der Waals surface area (Å²) >= 11 is 0. The summed E-state index contributed by atoms with van der Waals surface area (Å²) < 4.78 is 21.9. The molecule has 37 heavy (non-hydrogen) atoms. The molecule has 1 saturated heterocycles. The van der Waals surface area contributed by atoms with Gasteiger partial charge in [0.15, 0.2) is 11.5 Å². The zero-order chi connectivity index (χ0) is 27.2. The van der Waals surface area contributed by atoms with Crippen molar-refractivity contribution in [3.05, 3.63) is 35.4 Å². The molecule has 6 N–H and O–H groups in total. The molecule has 4 rings (SSSR count). The molecular weight excluding hydrogens is 476 g/mol. The highest BCUT2D eigenvalue weighted by atomic mass is 16.5. The van der Waals surface area contributed by atoms with Crippen molar-refractivity contribution in [2.45, 2.75) is 32.6 Å². The molecule has 0 saturated carbocycles. The summed E-state index contributed by atoms with van der Waals surface area (Å²) in [6.45, 7) is 6.81. The van der Waals surface area contributed by atoms with Crippen LogP contribution < -0.4 is 31.2 Å². The number of nitrogens with one attached hydrogen (secondary N) is 1. The van der Waals surface area contributed by atoms with Gasteiger partial charge in [0, 0.05) is 37.8 Å². The Hall–Kier alpha value is -3.05. The van der Waals surface area contributed by atoms with Gasteiger partial charge in [0.2, 0.25) is 11.7 Å². The number of anilines is 1. The highest BCUT2D eigenvalue weighted by Gasteiger charge is 2.25. The highest BCUT2D eigenvalue weighted by molar-refractivity contribution is 5.83. The number of nitrogen functional groups attached to an aromatic ring is 1. The van der Waals surface area contributed by atoms with E-state index in [-0.39, 0.29) is 5.91 Å². The molecule has 2 aromatic rings. The number of ether oxygens (including phenoxy) is 4. The molecule has 1 fully saturated rings. The largest absolute Gasteiger partial charge is 0.493 e. The molecular formula is C27H42N4O6. The smallest absolute Gasteiger partial charge is 0.214 e. The Labute approximate surface area is 219 Å². The summed E-state index contributed by atoms with van der Waals surface area (Å²) in [4.78, 5) is 11.6. The third-order valence-electron chi connectivity index (χ3n) is 6.07. The number of amides is 1. The number of fused-ring (bicyclic) bond motifs is 3. The fourth-order valence-corrected chi connectivity index (χ4v) is 4.44. The number of rotatable bonds is 7. The van der Waals surface area contributed by atoms with Crippen LogP contribution >= 0.6 is 0 Å². The standard InChI is InChI=1S/C18H21NO3.C7H16N2O2.C2H5NO/c1-20-15-10-12-6-4-5-11-9-13(19)7-8-14(11)16(12)18(22-3)17(15)21-2;10-8-2-1-3-9-4-6-11-7-5-9;1-2(3)4/h7-10H,4-6,19H2,1-3H3;8,10H,1-7H2;1H3,(H2,3,4). The van der Waals surface area contributed by atoms with Crippen LogP contribution in [-0.4, -0.2) is 76.7 Å². The predicted octanol–water partition coefficient (Wildman–Crippen LogP) is 2.63. The fourth-order valence-electron chi connectivity index (χ4n) is 4.44. The number of carbonyl (C=O) groups excluding carboxylic acids is 1. The number of methoxy groups -OCH3 is 3. The van der Waals surface area contributed by atoms with Gasteiger partial charge >= 0.3 is 0 Å². The average Bonchev–Trinajstić information content (AvgIpc) is 3.07. The number of hydrogen-bond acceptors (Lipinski definition) is 9. The predicted molar refractivity (Wildman–Crippen MR) is 145 cm³/mol. The van der Waals surface area contributed by atoms with Crippen LogP contribution in [0.2, 0.25) is 0 Å². The van der Waals surface area contributed by atoms with E-state index in [9.17, 15) is 4.79 Å². The second kappa shape index (κ2) is 15.9. The Kier molecular flexibility index (Phi) is 13.0. The van der Waals surface area contributed by atoms with E-state index >= 15 is 0 Å². The fraction of sp³-hybridized carbons (Fsp3) is 0.519. The molecule has 0 bridgehead atoms. The molecule has 0 spiro atoms. The van der Waals surface area contributed by atoms with E-state index in [2.05, 4.69) is 34.3 Å². The van der Waals surface area contributed by atoms with Crippen LogP contribution in [0.25, 0.3) is 11.1 Å². The zero-order valence-electron chi connectivity index (χ0n) is 22.5. The lowest BCUT2D eigenvalue weighted by molar-refractivity contribution is -0.115. The summed E-state index contributed by atoms with van der Waals surface area (Å²) in [6.07, 6.45) is 4.04. The van der Waals surface area contributed by atoms with Crippen LogP contribution in [-0.2, 0) is 22.4 Å². The van der Waals surface area contributed by atoms with Crippen molar-refractivity contribution in [1.29, 1.82) is 0 Å². The third-order valence-corrected chi connectivity index (χ3v) is 6.07. The van der Waals surface area contributed by atoms with Crippen LogP contribution in [0.1, 0.15) is 30.9 Å². The van der Waals surface area contributed by atoms with E-state index in [0.29, 0.717) is 18.0 Å². The first-order valence-corrected chi connectivity index (χ1v) is 12.5. The van der Waals surface area contributed by atoms with Gasteiger partial charge in [-0.05, 0) is 67.1 Å². The number of hydroxylamine groups is 1.